The molecule has 0 aliphatic carbocycles. The fourth-order valence-electron chi connectivity index (χ4n) is 3.01. The number of likely N-dealkylation sites (tertiary alicyclic amines) is 1. The Morgan fingerprint density at radius 1 is 1.32 bits per heavy atom. The maximum atomic E-state index is 12.4. The van der Waals surface area contributed by atoms with Crippen LogP contribution >= 0.6 is 11.3 Å². The maximum absolute atomic E-state index is 12.4. The molecular formula is C17H21N5O2S. The Morgan fingerprint density at radius 3 is 2.88 bits per heavy atom. The summed E-state index contributed by atoms with van der Waals surface area (Å²) in [5.74, 6) is -0.218. The highest BCUT2D eigenvalue weighted by molar-refractivity contribution is 7.09. The van der Waals surface area contributed by atoms with Gasteiger partial charge in [0.1, 0.15) is 10.7 Å². The lowest BCUT2D eigenvalue weighted by Crippen LogP contribution is -2.42. The summed E-state index contributed by atoms with van der Waals surface area (Å²) >= 11 is 1.57. The Hall–Kier alpha value is -2.32. The van der Waals surface area contributed by atoms with Crippen molar-refractivity contribution in [1.29, 1.82) is 0 Å². The quantitative estimate of drug-likeness (QED) is 0.805. The Kier molecular flexibility index (Phi) is 5.72. The molecule has 25 heavy (non-hydrogen) atoms. The average molecular weight is 359 g/mol. The molecule has 1 fully saturated rings. The second-order valence-electron chi connectivity index (χ2n) is 5.89. The van der Waals surface area contributed by atoms with E-state index in [2.05, 4.69) is 25.5 Å². The molecule has 2 aromatic rings. The maximum Gasteiger partial charge on any atom is 0.270 e. The predicted molar refractivity (Wildman–Crippen MR) is 95.1 cm³/mol. The van der Waals surface area contributed by atoms with Gasteiger partial charge in [0.05, 0.1) is 12.6 Å². The molecule has 0 radical (unpaired) electrons. The number of thiazole rings is 1. The molecule has 1 aliphatic rings. The molecule has 3 heterocycles. The van der Waals surface area contributed by atoms with Crippen molar-refractivity contribution < 1.29 is 9.59 Å². The van der Waals surface area contributed by atoms with Gasteiger partial charge in [0, 0.05) is 36.9 Å². The van der Waals surface area contributed by atoms with E-state index in [4.69, 9.17) is 0 Å². The van der Waals surface area contributed by atoms with Crippen molar-refractivity contribution in [3.05, 3.63) is 46.7 Å². The monoisotopic (exact) mass is 359 g/mol. The van der Waals surface area contributed by atoms with E-state index in [1.54, 1.807) is 41.9 Å². The molecular weight excluding hydrogens is 338 g/mol. The normalized spacial score (nSPS) is 20.4. The Labute approximate surface area is 150 Å². The van der Waals surface area contributed by atoms with Crippen molar-refractivity contribution in [1.82, 2.24) is 25.5 Å². The first-order valence-electron chi connectivity index (χ1n) is 8.29. The molecule has 8 heteroatoms. The van der Waals surface area contributed by atoms with Crippen LogP contribution in [0.15, 0.2) is 36.0 Å². The van der Waals surface area contributed by atoms with Gasteiger partial charge in [-0.3, -0.25) is 19.5 Å². The zero-order chi connectivity index (χ0) is 17.6. The second kappa shape index (κ2) is 8.17. The molecule has 0 spiro atoms. The lowest BCUT2D eigenvalue weighted by Gasteiger charge is -2.22. The number of aromatic nitrogens is 2. The van der Waals surface area contributed by atoms with E-state index in [0.29, 0.717) is 31.7 Å². The smallest absolute Gasteiger partial charge is 0.270 e. The van der Waals surface area contributed by atoms with Crippen molar-refractivity contribution >= 4 is 23.2 Å². The summed E-state index contributed by atoms with van der Waals surface area (Å²) in [7, 11) is 0. The molecule has 1 saturated heterocycles. The molecule has 0 unspecified atom stereocenters. The molecule has 2 amide bonds. The van der Waals surface area contributed by atoms with Gasteiger partial charge >= 0.3 is 0 Å². The number of pyridine rings is 1. The minimum absolute atomic E-state index is 0.00589. The van der Waals surface area contributed by atoms with E-state index in [0.717, 1.165) is 5.01 Å². The summed E-state index contributed by atoms with van der Waals surface area (Å²) in [5.41, 5.74) is 0.385. The molecule has 3 rings (SSSR count). The summed E-state index contributed by atoms with van der Waals surface area (Å²) in [6, 6.07) is 4.87. The highest BCUT2D eigenvalue weighted by Crippen LogP contribution is 2.22. The highest BCUT2D eigenvalue weighted by Gasteiger charge is 2.37. The van der Waals surface area contributed by atoms with Crippen molar-refractivity contribution in [2.24, 2.45) is 0 Å². The first-order valence-corrected chi connectivity index (χ1v) is 9.17. The van der Waals surface area contributed by atoms with E-state index >= 15 is 0 Å². The van der Waals surface area contributed by atoms with Crippen LogP contribution in [-0.2, 0) is 11.3 Å². The number of hydrogen-bond donors (Lipinski definition) is 2. The Balaban J connectivity index is 1.67. The lowest BCUT2D eigenvalue weighted by atomic mass is 10.1. The lowest BCUT2D eigenvalue weighted by molar-refractivity contribution is -0.125. The van der Waals surface area contributed by atoms with Crippen LogP contribution in [0.5, 0.6) is 0 Å². The van der Waals surface area contributed by atoms with Crippen LogP contribution < -0.4 is 10.6 Å². The van der Waals surface area contributed by atoms with Crippen LogP contribution in [0.25, 0.3) is 0 Å². The zero-order valence-corrected chi connectivity index (χ0v) is 14.8. The number of hydrogen-bond acceptors (Lipinski definition) is 6. The third kappa shape index (κ3) is 4.40. The number of amides is 2. The van der Waals surface area contributed by atoms with E-state index in [9.17, 15) is 9.59 Å². The summed E-state index contributed by atoms with van der Waals surface area (Å²) in [5, 5.41) is 8.76. The van der Waals surface area contributed by atoms with Gasteiger partial charge < -0.3 is 10.6 Å². The van der Waals surface area contributed by atoms with Crippen molar-refractivity contribution in [3.63, 3.8) is 0 Å². The zero-order valence-electron chi connectivity index (χ0n) is 14.0. The molecule has 0 saturated carbocycles. The number of rotatable bonds is 6. The summed E-state index contributed by atoms with van der Waals surface area (Å²) in [4.78, 5) is 35.2. The molecule has 2 N–H and O–H groups in total. The van der Waals surface area contributed by atoms with Gasteiger partial charge in [0.15, 0.2) is 0 Å². The van der Waals surface area contributed by atoms with Crippen LogP contribution in [0.3, 0.4) is 0 Å². The summed E-state index contributed by atoms with van der Waals surface area (Å²) in [6.07, 6.45) is 3.93. The second-order valence-corrected chi connectivity index (χ2v) is 6.87. The topological polar surface area (TPSA) is 87.2 Å². The van der Waals surface area contributed by atoms with Crippen LogP contribution in [0.2, 0.25) is 0 Å². The van der Waals surface area contributed by atoms with E-state index in [1.807, 2.05) is 12.3 Å². The molecule has 1 aliphatic heterocycles. The van der Waals surface area contributed by atoms with Crippen molar-refractivity contribution in [2.45, 2.75) is 32.0 Å². The first kappa shape index (κ1) is 17.5. The number of carbonyl (C=O) groups excluding carboxylic acids is 2. The molecule has 132 valence electrons. The van der Waals surface area contributed by atoms with Gasteiger partial charge in [-0.15, -0.1) is 11.3 Å². The molecule has 7 nitrogen and oxygen atoms in total. The van der Waals surface area contributed by atoms with E-state index in [-0.39, 0.29) is 23.9 Å². The van der Waals surface area contributed by atoms with Crippen LogP contribution in [-0.4, -0.2) is 51.9 Å². The SMILES string of the molecule is CCNC(=O)[C@@H]1C[C@H](NC(=O)c2ccccn2)CN1Cc1nccs1. The van der Waals surface area contributed by atoms with Crippen LogP contribution in [0, 0.1) is 0 Å². The van der Waals surface area contributed by atoms with Gasteiger partial charge in [-0.05, 0) is 25.5 Å². The molecule has 0 aromatic carbocycles. The van der Waals surface area contributed by atoms with Crippen molar-refractivity contribution in [3.8, 4) is 0 Å². The molecule has 2 atom stereocenters. The Bertz CT molecular complexity index is 707. The van der Waals surface area contributed by atoms with Gasteiger partial charge in [0.25, 0.3) is 5.91 Å². The third-order valence-corrected chi connectivity index (χ3v) is 4.88. The fourth-order valence-corrected chi connectivity index (χ4v) is 3.65. The number of nitrogens with zero attached hydrogens (tertiary/aromatic N) is 3. The average Bonchev–Trinajstić information content (AvgIpc) is 3.26. The largest absolute Gasteiger partial charge is 0.355 e. The fraction of sp³-hybridized carbons (Fsp3) is 0.412. The van der Waals surface area contributed by atoms with E-state index in [1.165, 1.54) is 0 Å². The minimum atomic E-state index is -0.266. The molecule has 0 bridgehead atoms. The summed E-state index contributed by atoms with van der Waals surface area (Å²) in [6.45, 7) is 3.71. The minimum Gasteiger partial charge on any atom is -0.355 e. The molecule has 2 aromatic heterocycles. The van der Waals surface area contributed by atoms with Crippen LogP contribution in [0.4, 0.5) is 0 Å². The van der Waals surface area contributed by atoms with Gasteiger partial charge in [-0.2, -0.15) is 0 Å². The highest BCUT2D eigenvalue weighted by atomic mass is 32.1. The predicted octanol–water partition coefficient (Wildman–Crippen LogP) is 1.05. The van der Waals surface area contributed by atoms with Crippen molar-refractivity contribution in [2.75, 3.05) is 13.1 Å². The van der Waals surface area contributed by atoms with Gasteiger partial charge in [-0.1, -0.05) is 6.07 Å². The van der Waals surface area contributed by atoms with Gasteiger partial charge in [-0.25, -0.2) is 4.98 Å². The third-order valence-electron chi connectivity index (χ3n) is 4.11. The first-order chi connectivity index (χ1) is 12.2. The standard InChI is InChI=1S/C17H21N5O2S/c1-2-18-17(24)14-9-12(10-22(14)11-15-20-7-8-25-15)21-16(23)13-5-3-4-6-19-13/h3-8,12,14H,2,9-11H2,1H3,(H,18,24)(H,21,23)/t12-,14-/m0/s1. The van der Waals surface area contributed by atoms with Gasteiger partial charge in [0.2, 0.25) is 5.91 Å². The summed E-state index contributed by atoms with van der Waals surface area (Å²) < 4.78 is 0. The van der Waals surface area contributed by atoms with E-state index < -0.39 is 0 Å². The number of carbonyl (C=O) groups is 2. The number of likely N-dealkylation sites (N-methyl/N-ethyl adjacent to an activating group) is 1. The Morgan fingerprint density at radius 2 is 2.20 bits per heavy atom. The number of nitrogens with one attached hydrogen (secondary N) is 2. The van der Waals surface area contributed by atoms with Crippen LogP contribution in [0.1, 0.15) is 28.8 Å².